The van der Waals surface area contributed by atoms with Crippen molar-refractivity contribution < 1.29 is 9.53 Å². The van der Waals surface area contributed by atoms with Crippen LogP contribution < -0.4 is 5.32 Å². The van der Waals surface area contributed by atoms with Gasteiger partial charge in [0.05, 0.1) is 0 Å². The molecule has 3 heteroatoms. The third-order valence-electron chi connectivity index (χ3n) is 2.37. The quantitative estimate of drug-likeness (QED) is 0.582. The zero-order valence-electron chi connectivity index (χ0n) is 9.32. The molecule has 1 aliphatic carbocycles. The zero-order chi connectivity index (χ0) is 11.6. The van der Waals surface area contributed by atoms with Crippen molar-refractivity contribution in [3.8, 4) is 12.3 Å². The fraction of sp³-hybridized carbons (Fsp3) is 0.462. The number of hydrogen-bond donors (Lipinski definition) is 1. The Labute approximate surface area is 96.6 Å². The van der Waals surface area contributed by atoms with Crippen LogP contribution in [0.3, 0.4) is 0 Å². The van der Waals surface area contributed by atoms with Crippen LogP contribution in [-0.4, -0.2) is 19.2 Å². The lowest BCUT2D eigenvalue weighted by atomic mass is 9.94. The minimum absolute atomic E-state index is 0.0168. The normalized spacial score (nSPS) is 19.3. The molecule has 0 aliphatic heterocycles. The molecule has 1 rings (SSSR count). The smallest absolute Gasteiger partial charge is 0.408 e. The Hall–Kier alpha value is -1.69. The summed E-state index contributed by atoms with van der Waals surface area (Å²) in [5, 5.41) is 2.60. The summed E-state index contributed by atoms with van der Waals surface area (Å²) in [4.78, 5) is 11.0. The second-order valence-corrected chi connectivity index (χ2v) is 3.63. The van der Waals surface area contributed by atoms with Crippen molar-refractivity contribution in [3.05, 3.63) is 24.3 Å². The minimum atomic E-state index is -0.467. The molecular formula is C13H17NO2. The molecule has 0 spiro atoms. The van der Waals surface area contributed by atoms with E-state index in [0.29, 0.717) is 12.5 Å². The van der Waals surface area contributed by atoms with Gasteiger partial charge in [-0.15, -0.1) is 6.42 Å². The van der Waals surface area contributed by atoms with Gasteiger partial charge in [0.1, 0.15) is 0 Å². The topological polar surface area (TPSA) is 38.3 Å². The molecule has 1 aliphatic rings. The SMILES string of the molecule is C#CCOC(=O)NCC=CC1CC=CCC1. The summed E-state index contributed by atoms with van der Waals surface area (Å²) in [7, 11) is 0. The van der Waals surface area contributed by atoms with Crippen LogP contribution in [0, 0.1) is 18.3 Å². The number of nitrogens with one attached hydrogen (secondary N) is 1. The van der Waals surface area contributed by atoms with Gasteiger partial charge in [0.15, 0.2) is 6.61 Å². The van der Waals surface area contributed by atoms with E-state index in [4.69, 9.17) is 6.42 Å². The molecule has 0 saturated heterocycles. The summed E-state index contributed by atoms with van der Waals surface area (Å²) in [5.41, 5.74) is 0. The molecule has 0 bridgehead atoms. The van der Waals surface area contributed by atoms with E-state index in [2.05, 4.69) is 34.2 Å². The molecule has 0 saturated carbocycles. The van der Waals surface area contributed by atoms with Crippen molar-refractivity contribution in [1.29, 1.82) is 0 Å². The number of carbonyl (C=O) groups excluding carboxylic acids is 1. The first kappa shape index (κ1) is 12.4. The molecule has 0 fully saturated rings. The van der Waals surface area contributed by atoms with Gasteiger partial charge in [-0.25, -0.2) is 4.79 Å². The molecule has 0 aromatic carbocycles. The Morgan fingerprint density at radius 1 is 1.62 bits per heavy atom. The van der Waals surface area contributed by atoms with Crippen LogP contribution in [0.5, 0.6) is 0 Å². The third-order valence-corrected chi connectivity index (χ3v) is 2.37. The van der Waals surface area contributed by atoms with Crippen LogP contribution in [0.1, 0.15) is 19.3 Å². The Bertz CT molecular complexity index is 312. The predicted molar refractivity (Wildman–Crippen MR) is 63.8 cm³/mol. The van der Waals surface area contributed by atoms with Gasteiger partial charge >= 0.3 is 6.09 Å². The van der Waals surface area contributed by atoms with E-state index in [9.17, 15) is 4.79 Å². The molecule has 86 valence electrons. The highest BCUT2D eigenvalue weighted by Crippen LogP contribution is 2.18. The Balaban J connectivity index is 2.10. The van der Waals surface area contributed by atoms with E-state index in [1.54, 1.807) is 0 Å². The van der Waals surface area contributed by atoms with Crippen LogP contribution in [0.25, 0.3) is 0 Å². The summed E-state index contributed by atoms with van der Waals surface area (Å²) in [6.45, 7) is 0.507. The lowest BCUT2D eigenvalue weighted by Crippen LogP contribution is -2.24. The Morgan fingerprint density at radius 2 is 2.50 bits per heavy atom. The Kier molecular flexibility index (Phi) is 5.87. The van der Waals surface area contributed by atoms with Gasteiger partial charge in [-0.2, -0.15) is 0 Å². The summed E-state index contributed by atoms with van der Waals surface area (Å²) in [6, 6.07) is 0. The average molecular weight is 219 g/mol. The van der Waals surface area contributed by atoms with Crippen LogP contribution in [0.4, 0.5) is 4.79 Å². The molecule has 0 heterocycles. The first-order valence-corrected chi connectivity index (χ1v) is 5.48. The molecule has 1 amide bonds. The summed E-state index contributed by atoms with van der Waals surface area (Å²) >= 11 is 0. The fourth-order valence-corrected chi connectivity index (χ4v) is 1.55. The second-order valence-electron chi connectivity index (χ2n) is 3.63. The first-order valence-electron chi connectivity index (χ1n) is 5.48. The lowest BCUT2D eigenvalue weighted by molar-refractivity contribution is 0.161. The molecule has 16 heavy (non-hydrogen) atoms. The average Bonchev–Trinajstić information content (AvgIpc) is 2.33. The highest BCUT2D eigenvalue weighted by molar-refractivity contribution is 5.67. The van der Waals surface area contributed by atoms with E-state index < -0.39 is 6.09 Å². The minimum Gasteiger partial charge on any atom is -0.436 e. The van der Waals surface area contributed by atoms with Gasteiger partial charge in [0.2, 0.25) is 0 Å². The summed E-state index contributed by atoms with van der Waals surface area (Å²) < 4.78 is 4.65. The van der Waals surface area contributed by atoms with E-state index in [1.807, 2.05) is 6.08 Å². The highest BCUT2D eigenvalue weighted by atomic mass is 16.5. The number of amides is 1. The number of allylic oxidation sites excluding steroid dienone is 3. The Morgan fingerprint density at radius 3 is 3.19 bits per heavy atom. The second kappa shape index (κ2) is 7.58. The molecule has 3 nitrogen and oxygen atoms in total. The maximum Gasteiger partial charge on any atom is 0.408 e. The molecule has 0 aromatic heterocycles. The first-order chi connectivity index (χ1) is 7.83. The molecule has 1 atom stereocenters. The van der Waals surface area contributed by atoms with Crippen LogP contribution in [0.2, 0.25) is 0 Å². The molecule has 1 unspecified atom stereocenters. The third kappa shape index (κ3) is 5.26. The number of hydrogen-bond acceptors (Lipinski definition) is 2. The van der Waals surface area contributed by atoms with E-state index in [1.165, 1.54) is 6.42 Å². The van der Waals surface area contributed by atoms with E-state index in [-0.39, 0.29) is 6.61 Å². The van der Waals surface area contributed by atoms with Gasteiger partial charge in [0.25, 0.3) is 0 Å². The van der Waals surface area contributed by atoms with Gasteiger partial charge in [-0.1, -0.05) is 30.2 Å². The summed E-state index contributed by atoms with van der Waals surface area (Å²) in [5.74, 6) is 2.84. The number of ether oxygens (including phenoxy) is 1. The number of terminal acetylenes is 1. The van der Waals surface area contributed by atoms with Crippen molar-refractivity contribution in [1.82, 2.24) is 5.32 Å². The summed E-state index contributed by atoms with van der Waals surface area (Å²) in [6.07, 6.45) is 16.4. The van der Waals surface area contributed by atoms with Crippen molar-refractivity contribution in [2.75, 3.05) is 13.2 Å². The number of alkyl carbamates (subject to hydrolysis) is 1. The van der Waals surface area contributed by atoms with Crippen molar-refractivity contribution in [2.45, 2.75) is 19.3 Å². The molecule has 0 aromatic rings. The van der Waals surface area contributed by atoms with Gasteiger partial charge in [-0.05, 0) is 25.2 Å². The highest BCUT2D eigenvalue weighted by Gasteiger charge is 2.04. The van der Waals surface area contributed by atoms with Gasteiger partial charge < -0.3 is 10.1 Å². The van der Waals surface area contributed by atoms with Crippen molar-refractivity contribution >= 4 is 6.09 Å². The molecule has 0 radical (unpaired) electrons. The largest absolute Gasteiger partial charge is 0.436 e. The number of rotatable bonds is 4. The van der Waals surface area contributed by atoms with Crippen LogP contribution in [0.15, 0.2) is 24.3 Å². The van der Waals surface area contributed by atoms with Gasteiger partial charge in [-0.3, -0.25) is 0 Å². The van der Waals surface area contributed by atoms with Crippen LogP contribution in [-0.2, 0) is 4.74 Å². The monoisotopic (exact) mass is 219 g/mol. The van der Waals surface area contributed by atoms with Crippen molar-refractivity contribution in [2.24, 2.45) is 5.92 Å². The number of carbonyl (C=O) groups is 1. The van der Waals surface area contributed by atoms with E-state index >= 15 is 0 Å². The van der Waals surface area contributed by atoms with Crippen LogP contribution >= 0.6 is 0 Å². The maximum absolute atomic E-state index is 11.0. The fourth-order valence-electron chi connectivity index (χ4n) is 1.55. The van der Waals surface area contributed by atoms with Crippen molar-refractivity contribution in [3.63, 3.8) is 0 Å². The zero-order valence-corrected chi connectivity index (χ0v) is 9.32. The van der Waals surface area contributed by atoms with Gasteiger partial charge in [0, 0.05) is 6.54 Å². The molecule has 1 N–H and O–H groups in total. The van der Waals surface area contributed by atoms with E-state index in [0.717, 1.165) is 12.8 Å². The lowest BCUT2D eigenvalue weighted by Gasteiger charge is -2.12. The standard InChI is InChI=1S/C13H17NO2/c1-2-11-16-13(15)14-10-6-9-12-7-4-3-5-8-12/h1,3-4,6,9,12H,5,7-8,10-11H2,(H,14,15). The maximum atomic E-state index is 11.0. The molecular weight excluding hydrogens is 202 g/mol. The predicted octanol–water partition coefficient (Wildman–Crippen LogP) is 2.26.